The number of hydrogen-bond acceptors (Lipinski definition) is 4. The number of hydrogen-bond donors (Lipinski definition) is 2. The molecule has 0 saturated heterocycles. The van der Waals surface area contributed by atoms with Gasteiger partial charge in [-0.3, -0.25) is 5.21 Å². The predicted octanol–water partition coefficient (Wildman–Crippen LogP) is 3.05. The second-order valence-corrected chi connectivity index (χ2v) is 3.44. The van der Waals surface area contributed by atoms with Crippen molar-refractivity contribution in [3.8, 4) is 0 Å². The summed E-state index contributed by atoms with van der Waals surface area (Å²) < 4.78 is 4.73. The van der Waals surface area contributed by atoms with Crippen molar-refractivity contribution < 1.29 is 11.2 Å². The quantitative estimate of drug-likeness (QED) is 0.665. The summed E-state index contributed by atoms with van der Waals surface area (Å²) in [6.07, 6.45) is 0. The molecule has 1 aromatic rings. The molecule has 13 heavy (non-hydrogen) atoms. The third-order valence-corrected chi connectivity index (χ3v) is 1.39. The first-order valence-corrected chi connectivity index (χ1v) is 4.41. The van der Waals surface area contributed by atoms with E-state index in [0.29, 0.717) is 0 Å². The third-order valence-electron chi connectivity index (χ3n) is 1.39. The molecule has 0 aliphatic heterocycles. The Morgan fingerprint density at radius 3 is 2.23 bits per heavy atom. The van der Waals surface area contributed by atoms with Gasteiger partial charge in [0.2, 0.25) is 5.88 Å². The fourth-order valence-corrected chi connectivity index (χ4v) is 0.681. The standard InChI is InChI=1S/C7H12N2O2.C2H6.H2/c1-7(2,3)5-4-6(8-10)11-9-5;1-2;/h4,8,10H,1-3H3;1-2H3;1H. The molecule has 0 unspecified atom stereocenters. The highest BCUT2D eigenvalue weighted by Gasteiger charge is 2.18. The van der Waals surface area contributed by atoms with Gasteiger partial charge in [0.15, 0.2) is 0 Å². The van der Waals surface area contributed by atoms with Gasteiger partial charge < -0.3 is 4.52 Å². The van der Waals surface area contributed by atoms with Crippen LogP contribution in [0.15, 0.2) is 10.6 Å². The second-order valence-electron chi connectivity index (χ2n) is 3.44. The number of rotatable bonds is 1. The highest BCUT2D eigenvalue weighted by molar-refractivity contribution is 5.30. The molecule has 1 rings (SSSR count). The third kappa shape index (κ3) is 3.46. The molecule has 0 aliphatic carbocycles. The van der Waals surface area contributed by atoms with Crippen LogP contribution in [-0.2, 0) is 5.41 Å². The summed E-state index contributed by atoms with van der Waals surface area (Å²) in [7, 11) is 0. The Morgan fingerprint density at radius 2 is 2.00 bits per heavy atom. The first kappa shape index (κ1) is 12.0. The Hall–Kier alpha value is -1.03. The van der Waals surface area contributed by atoms with Gasteiger partial charge in [-0.1, -0.05) is 39.8 Å². The lowest BCUT2D eigenvalue weighted by Gasteiger charge is -2.12. The topological polar surface area (TPSA) is 58.3 Å². The molecular weight excluding hydrogens is 168 g/mol. The SMILES string of the molecule is CC.CC(C)(C)c1cc(NO)on1.[HH]. The van der Waals surface area contributed by atoms with Crippen LogP contribution in [0, 0.1) is 0 Å². The molecule has 4 nitrogen and oxygen atoms in total. The molecule has 4 heteroatoms. The summed E-state index contributed by atoms with van der Waals surface area (Å²) in [6, 6.07) is 1.67. The zero-order chi connectivity index (χ0) is 10.5. The normalized spacial score (nSPS) is 10.3. The van der Waals surface area contributed by atoms with Crippen molar-refractivity contribution in [2.45, 2.75) is 40.0 Å². The lowest BCUT2D eigenvalue weighted by molar-refractivity contribution is 0.332. The lowest BCUT2D eigenvalue weighted by Crippen LogP contribution is -2.10. The van der Waals surface area contributed by atoms with Gasteiger partial charge in [-0.2, -0.15) is 0 Å². The van der Waals surface area contributed by atoms with Gasteiger partial charge >= 0.3 is 0 Å². The zero-order valence-corrected chi connectivity index (χ0v) is 8.88. The Bertz CT molecular complexity index is 243. The number of aromatic nitrogens is 1. The summed E-state index contributed by atoms with van der Waals surface area (Å²) in [6.45, 7) is 10.1. The fraction of sp³-hybridized carbons (Fsp3) is 0.667. The molecule has 0 atom stereocenters. The summed E-state index contributed by atoms with van der Waals surface area (Å²) in [5, 5.41) is 12.2. The molecule has 0 aliphatic rings. The average molecular weight is 188 g/mol. The van der Waals surface area contributed by atoms with Crippen LogP contribution in [-0.4, -0.2) is 10.4 Å². The van der Waals surface area contributed by atoms with Crippen molar-refractivity contribution >= 4 is 5.88 Å². The van der Waals surface area contributed by atoms with Gasteiger partial charge in [0, 0.05) is 12.9 Å². The highest BCUT2D eigenvalue weighted by atomic mass is 16.5. The van der Waals surface area contributed by atoms with Crippen LogP contribution < -0.4 is 5.48 Å². The zero-order valence-electron chi connectivity index (χ0n) is 8.88. The number of anilines is 1. The maximum absolute atomic E-state index is 8.43. The summed E-state index contributed by atoms with van der Waals surface area (Å²) in [5.41, 5.74) is 2.66. The monoisotopic (exact) mass is 188 g/mol. The van der Waals surface area contributed by atoms with Crippen molar-refractivity contribution in [3.63, 3.8) is 0 Å². The largest absolute Gasteiger partial charge is 0.336 e. The molecule has 0 amide bonds. The van der Waals surface area contributed by atoms with Crippen LogP contribution in [0.4, 0.5) is 5.88 Å². The van der Waals surface area contributed by atoms with Gasteiger partial charge in [0.05, 0.1) is 5.69 Å². The maximum atomic E-state index is 8.43. The molecule has 1 heterocycles. The van der Waals surface area contributed by atoms with Crippen molar-refractivity contribution in [3.05, 3.63) is 11.8 Å². The van der Waals surface area contributed by atoms with Crippen LogP contribution in [0.25, 0.3) is 0 Å². The summed E-state index contributed by atoms with van der Waals surface area (Å²) in [5.74, 6) is 0.273. The molecule has 78 valence electrons. The van der Waals surface area contributed by atoms with Crippen molar-refractivity contribution in [2.24, 2.45) is 0 Å². The van der Waals surface area contributed by atoms with E-state index < -0.39 is 0 Å². The molecule has 0 spiro atoms. The van der Waals surface area contributed by atoms with E-state index in [1.807, 2.05) is 40.1 Å². The van der Waals surface area contributed by atoms with Crippen LogP contribution in [0.3, 0.4) is 0 Å². The van der Waals surface area contributed by atoms with E-state index in [1.165, 1.54) is 0 Å². The Labute approximate surface area is 80.4 Å². The highest BCUT2D eigenvalue weighted by Crippen LogP contribution is 2.22. The van der Waals surface area contributed by atoms with E-state index in [4.69, 9.17) is 9.73 Å². The molecular formula is C9H20N2O2. The van der Waals surface area contributed by atoms with Crippen molar-refractivity contribution in [2.75, 3.05) is 5.48 Å². The number of nitrogens with zero attached hydrogens (tertiary/aromatic N) is 1. The van der Waals surface area contributed by atoms with Gasteiger partial charge in [-0.15, -0.1) is 0 Å². The molecule has 0 radical (unpaired) electrons. The molecule has 0 saturated carbocycles. The van der Waals surface area contributed by atoms with Gasteiger partial charge in [-0.25, -0.2) is 5.48 Å². The fourth-order valence-electron chi connectivity index (χ4n) is 0.681. The van der Waals surface area contributed by atoms with E-state index >= 15 is 0 Å². The van der Waals surface area contributed by atoms with Crippen LogP contribution in [0.2, 0.25) is 0 Å². The molecule has 0 fully saturated rings. The second kappa shape index (κ2) is 4.87. The molecule has 0 aromatic carbocycles. The molecule has 0 bridgehead atoms. The van der Waals surface area contributed by atoms with Gasteiger partial charge in [0.25, 0.3) is 0 Å². The first-order valence-electron chi connectivity index (χ1n) is 4.41. The lowest BCUT2D eigenvalue weighted by atomic mass is 9.92. The summed E-state index contributed by atoms with van der Waals surface area (Å²) in [4.78, 5) is 0. The van der Waals surface area contributed by atoms with Crippen LogP contribution >= 0.6 is 0 Å². The Balaban J connectivity index is 0. The van der Waals surface area contributed by atoms with Gasteiger partial charge in [-0.05, 0) is 0 Å². The summed E-state index contributed by atoms with van der Waals surface area (Å²) >= 11 is 0. The maximum Gasteiger partial charge on any atom is 0.248 e. The minimum absolute atomic E-state index is 0. The van der Waals surface area contributed by atoms with E-state index in [0.717, 1.165) is 5.69 Å². The van der Waals surface area contributed by atoms with E-state index in [-0.39, 0.29) is 12.7 Å². The van der Waals surface area contributed by atoms with E-state index in [2.05, 4.69) is 5.16 Å². The predicted molar refractivity (Wildman–Crippen MR) is 54.1 cm³/mol. The first-order chi connectivity index (χ1) is 6.04. The molecule has 2 N–H and O–H groups in total. The average Bonchev–Trinajstić information content (AvgIpc) is 2.54. The smallest absolute Gasteiger partial charge is 0.248 e. The Morgan fingerprint density at radius 1 is 1.46 bits per heavy atom. The minimum atomic E-state index is -0.0431. The van der Waals surface area contributed by atoms with Gasteiger partial charge in [0.1, 0.15) is 0 Å². The Kier molecular flexibility index (Phi) is 4.48. The van der Waals surface area contributed by atoms with E-state index in [9.17, 15) is 0 Å². The number of nitrogens with one attached hydrogen (secondary N) is 1. The minimum Gasteiger partial charge on any atom is -0.336 e. The van der Waals surface area contributed by atoms with E-state index in [1.54, 1.807) is 6.07 Å². The molecule has 1 aromatic heterocycles. The van der Waals surface area contributed by atoms with Crippen LogP contribution in [0.5, 0.6) is 0 Å². The van der Waals surface area contributed by atoms with Crippen LogP contribution in [0.1, 0.15) is 41.7 Å². The van der Waals surface area contributed by atoms with Crippen molar-refractivity contribution in [1.82, 2.24) is 5.16 Å². The van der Waals surface area contributed by atoms with Crippen molar-refractivity contribution in [1.29, 1.82) is 0 Å².